The third kappa shape index (κ3) is 11.0. The van der Waals surface area contributed by atoms with Crippen molar-refractivity contribution in [2.24, 2.45) is 5.92 Å². The number of carbonyl (C=O) groups is 4. The highest BCUT2D eigenvalue weighted by Gasteiger charge is 2.17. The van der Waals surface area contributed by atoms with Gasteiger partial charge < -0.3 is 25.0 Å². The third-order valence-corrected chi connectivity index (χ3v) is 3.40. The predicted octanol–water partition coefficient (Wildman–Crippen LogP) is 1.10. The van der Waals surface area contributed by atoms with Crippen molar-refractivity contribution in [2.75, 3.05) is 19.9 Å². The molecule has 0 saturated carbocycles. The average molecular weight is 371 g/mol. The van der Waals surface area contributed by atoms with E-state index in [0.29, 0.717) is 30.7 Å². The van der Waals surface area contributed by atoms with Crippen LogP contribution in [0.5, 0.6) is 0 Å². The number of carbonyl (C=O) groups excluding carboxylic acids is 2. The predicted molar refractivity (Wildman–Crippen MR) is 91.1 cm³/mol. The molecule has 0 unspecified atom stereocenters. The molecule has 26 heavy (non-hydrogen) atoms. The summed E-state index contributed by atoms with van der Waals surface area (Å²) in [6.45, 7) is 5.02. The van der Waals surface area contributed by atoms with Gasteiger partial charge in [-0.25, -0.2) is 14.4 Å². The first kappa shape index (κ1) is 23.3. The molecule has 0 saturated heterocycles. The minimum absolute atomic E-state index is 0.109. The lowest BCUT2D eigenvalue weighted by atomic mass is 10.0. The molecule has 0 radical (unpaired) electrons. The Hall–Kier alpha value is -2.68. The maximum absolute atomic E-state index is 11.6. The van der Waals surface area contributed by atoms with Crippen LogP contribution < -0.4 is 5.32 Å². The normalized spacial score (nSPS) is 13.4. The fourth-order valence-electron chi connectivity index (χ4n) is 1.92. The lowest BCUT2D eigenvalue weighted by molar-refractivity contribution is -0.168. The number of rotatable bonds is 8. The molecule has 0 atom stereocenters. The largest absolute Gasteiger partial charge is 0.478 e. The van der Waals surface area contributed by atoms with E-state index in [-0.39, 0.29) is 18.7 Å². The number of nitrogens with one attached hydrogen (secondary N) is 1. The zero-order valence-electron chi connectivity index (χ0n) is 14.9. The minimum atomic E-state index is -1.26. The van der Waals surface area contributed by atoms with Crippen molar-refractivity contribution in [1.82, 2.24) is 5.32 Å². The van der Waals surface area contributed by atoms with Crippen molar-refractivity contribution in [1.29, 1.82) is 0 Å². The molecular weight excluding hydrogens is 346 g/mol. The number of carboxylic acids is 2. The van der Waals surface area contributed by atoms with Crippen LogP contribution in [-0.4, -0.2) is 54.0 Å². The van der Waals surface area contributed by atoms with Crippen LogP contribution >= 0.6 is 0 Å². The first-order valence-electron chi connectivity index (χ1n) is 8.19. The molecule has 1 rings (SSSR count). The monoisotopic (exact) mass is 371 g/mol. The molecule has 146 valence electrons. The van der Waals surface area contributed by atoms with E-state index in [0.717, 1.165) is 19.4 Å². The topological polar surface area (TPSA) is 139 Å². The number of hydrogen-bond acceptors (Lipinski definition) is 7. The highest BCUT2D eigenvalue weighted by molar-refractivity contribution is 5.89. The highest BCUT2D eigenvalue weighted by Crippen LogP contribution is 2.10. The smallest absolute Gasteiger partial charge is 0.336 e. The summed E-state index contributed by atoms with van der Waals surface area (Å²) in [6.07, 6.45) is 5.04. The summed E-state index contributed by atoms with van der Waals surface area (Å²) in [5.74, 6) is -3.32. The van der Waals surface area contributed by atoms with Gasteiger partial charge in [0.05, 0.1) is 5.92 Å². The number of hydrogen-bond donors (Lipinski definition) is 3. The molecule has 0 fully saturated rings. The van der Waals surface area contributed by atoms with E-state index in [1.807, 2.05) is 13.8 Å². The fourth-order valence-corrected chi connectivity index (χ4v) is 1.92. The van der Waals surface area contributed by atoms with Crippen LogP contribution in [0.1, 0.15) is 33.1 Å². The minimum Gasteiger partial charge on any atom is -0.478 e. The molecule has 0 amide bonds. The Balaban J connectivity index is 0.000000660. The van der Waals surface area contributed by atoms with Gasteiger partial charge in [-0.2, -0.15) is 0 Å². The van der Waals surface area contributed by atoms with Crippen molar-refractivity contribution in [3.8, 4) is 0 Å². The van der Waals surface area contributed by atoms with Gasteiger partial charge in [0.25, 0.3) is 0 Å². The Bertz CT molecular complexity index is 533. The van der Waals surface area contributed by atoms with Crippen molar-refractivity contribution in [2.45, 2.75) is 33.1 Å². The second-order valence-electron chi connectivity index (χ2n) is 5.22. The fraction of sp³-hybridized carbons (Fsp3) is 0.529. The number of esters is 2. The zero-order chi connectivity index (χ0) is 19.9. The van der Waals surface area contributed by atoms with Crippen LogP contribution in [0.4, 0.5) is 0 Å². The van der Waals surface area contributed by atoms with Crippen LogP contribution in [0.3, 0.4) is 0 Å². The second-order valence-corrected chi connectivity index (χ2v) is 5.22. The first-order chi connectivity index (χ1) is 12.3. The number of carboxylic acid groups (broad SMARTS) is 2. The molecule has 0 aliphatic carbocycles. The summed E-state index contributed by atoms with van der Waals surface area (Å²) in [4.78, 5) is 42.2. The Morgan fingerprint density at radius 1 is 1.12 bits per heavy atom. The highest BCUT2D eigenvalue weighted by atomic mass is 16.7. The van der Waals surface area contributed by atoms with Gasteiger partial charge >= 0.3 is 23.9 Å². The van der Waals surface area contributed by atoms with Gasteiger partial charge in [-0.3, -0.25) is 4.79 Å². The van der Waals surface area contributed by atoms with Crippen molar-refractivity contribution < 1.29 is 38.9 Å². The van der Waals surface area contributed by atoms with Gasteiger partial charge in [0.15, 0.2) is 0 Å². The lowest BCUT2D eigenvalue weighted by Gasteiger charge is -2.14. The quantitative estimate of drug-likeness (QED) is 0.325. The van der Waals surface area contributed by atoms with Crippen LogP contribution in [0.15, 0.2) is 23.8 Å². The molecule has 9 nitrogen and oxygen atoms in total. The molecule has 0 aromatic rings. The molecule has 0 spiro atoms. The maximum Gasteiger partial charge on any atom is 0.336 e. The Morgan fingerprint density at radius 2 is 1.69 bits per heavy atom. The van der Waals surface area contributed by atoms with Gasteiger partial charge in [-0.15, -0.1) is 0 Å². The van der Waals surface area contributed by atoms with Gasteiger partial charge in [-0.1, -0.05) is 19.9 Å². The van der Waals surface area contributed by atoms with E-state index >= 15 is 0 Å². The van der Waals surface area contributed by atoms with E-state index in [1.165, 1.54) is 0 Å². The van der Waals surface area contributed by atoms with Gasteiger partial charge in [0, 0.05) is 24.3 Å². The Morgan fingerprint density at radius 3 is 2.12 bits per heavy atom. The van der Waals surface area contributed by atoms with E-state index in [2.05, 4.69) is 5.32 Å². The first-order valence-corrected chi connectivity index (χ1v) is 8.19. The van der Waals surface area contributed by atoms with Crippen molar-refractivity contribution in [3.05, 3.63) is 23.8 Å². The average Bonchev–Trinajstić information content (AvgIpc) is 2.62. The van der Waals surface area contributed by atoms with Gasteiger partial charge in [0.1, 0.15) is 0 Å². The number of aliphatic carboxylic acids is 2. The standard InChI is InChI=1S/C13H21NO4.C4H4O4/c1-3-10(4-2)12(15)17-9-18-13(16)11-5-7-14-8-6-11;5-3(6)1-2-4(7)8/h5,10,14H,3-4,6-9H2,1-2H3;1-2H,(H,5,6)(H,7,8)/b;2-1+. The summed E-state index contributed by atoms with van der Waals surface area (Å²) in [7, 11) is 0. The summed E-state index contributed by atoms with van der Waals surface area (Å²) in [5, 5.41) is 18.7. The molecule has 0 bridgehead atoms. The third-order valence-electron chi connectivity index (χ3n) is 3.40. The summed E-state index contributed by atoms with van der Waals surface area (Å²) in [6, 6.07) is 0. The van der Waals surface area contributed by atoms with E-state index in [9.17, 15) is 19.2 Å². The second kappa shape index (κ2) is 13.6. The molecule has 0 aromatic heterocycles. The van der Waals surface area contributed by atoms with Crippen LogP contribution in [0, 0.1) is 5.92 Å². The molecule has 1 aliphatic rings. The molecule has 3 N–H and O–H groups in total. The van der Waals surface area contributed by atoms with Gasteiger partial charge in [0.2, 0.25) is 6.79 Å². The molecule has 1 aliphatic heterocycles. The lowest BCUT2D eigenvalue weighted by Crippen LogP contribution is -2.25. The molecular formula is C17H25NO8. The zero-order valence-corrected chi connectivity index (χ0v) is 14.9. The Kier molecular flexibility index (Phi) is 12.2. The summed E-state index contributed by atoms with van der Waals surface area (Å²) in [5.41, 5.74) is 0.646. The van der Waals surface area contributed by atoms with Crippen LogP contribution in [0.2, 0.25) is 0 Å². The van der Waals surface area contributed by atoms with E-state index < -0.39 is 17.9 Å². The van der Waals surface area contributed by atoms with Crippen molar-refractivity contribution >= 4 is 23.9 Å². The van der Waals surface area contributed by atoms with Crippen molar-refractivity contribution in [3.63, 3.8) is 0 Å². The molecule has 9 heteroatoms. The Labute approximate surface area is 151 Å². The maximum atomic E-state index is 11.6. The SMILES string of the molecule is CCC(CC)C(=O)OCOC(=O)C1=CCNCC1.O=C(O)/C=C/C(=O)O. The van der Waals surface area contributed by atoms with E-state index in [1.54, 1.807) is 6.08 Å². The van der Waals surface area contributed by atoms with Crippen LogP contribution in [0.25, 0.3) is 0 Å². The number of ether oxygens (including phenoxy) is 2. The van der Waals surface area contributed by atoms with E-state index in [4.69, 9.17) is 19.7 Å². The molecule has 1 heterocycles. The molecule has 0 aromatic carbocycles. The summed E-state index contributed by atoms with van der Waals surface area (Å²) < 4.78 is 9.84. The summed E-state index contributed by atoms with van der Waals surface area (Å²) >= 11 is 0. The van der Waals surface area contributed by atoms with Gasteiger partial charge in [-0.05, 0) is 25.8 Å². The van der Waals surface area contributed by atoms with Crippen LogP contribution in [-0.2, 0) is 28.7 Å².